The molecule has 1 atom stereocenters. The molecule has 0 saturated carbocycles. The number of halogens is 2. The first-order valence-electron chi connectivity index (χ1n) is 4.89. The van der Waals surface area contributed by atoms with Gasteiger partial charge >= 0.3 is 0 Å². The van der Waals surface area contributed by atoms with Crippen LogP contribution in [0.4, 0.5) is 0 Å². The van der Waals surface area contributed by atoms with Gasteiger partial charge in [-0.25, -0.2) is 4.98 Å². The lowest BCUT2D eigenvalue weighted by Gasteiger charge is -2.05. The Morgan fingerprint density at radius 1 is 1.38 bits per heavy atom. The molecule has 0 radical (unpaired) electrons. The minimum absolute atomic E-state index is 0.116. The lowest BCUT2D eigenvalue weighted by atomic mass is 10.3. The van der Waals surface area contributed by atoms with Crippen LogP contribution in [0.1, 0.15) is 12.5 Å². The van der Waals surface area contributed by atoms with Crippen molar-refractivity contribution in [3.63, 3.8) is 0 Å². The highest BCUT2D eigenvalue weighted by Crippen LogP contribution is 2.25. The summed E-state index contributed by atoms with van der Waals surface area (Å²) >= 11 is 11.7. The van der Waals surface area contributed by atoms with E-state index >= 15 is 0 Å². The topological polar surface area (TPSA) is 52.8 Å². The normalized spacial score (nSPS) is 20.8. The number of ether oxygens (including phenoxy) is 1. The quantitative estimate of drug-likeness (QED) is 0.581. The molecule has 1 aliphatic rings. The summed E-state index contributed by atoms with van der Waals surface area (Å²) in [7, 11) is 0. The van der Waals surface area contributed by atoms with Crippen molar-refractivity contribution in [3.05, 3.63) is 16.6 Å². The highest BCUT2D eigenvalue weighted by Gasteiger charge is 2.20. The molecule has 3 heterocycles. The average Bonchev–Trinajstić information content (AvgIpc) is 2.82. The van der Waals surface area contributed by atoms with Crippen molar-refractivity contribution in [3.8, 4) is 0 Å². The molecule has 1 fully saturated rings. The molecule has 5 nitrogen and oxygen atoms in total. The van der Waals surface area contributed by atoms with Crippen LogP contribution in [0, 0.1) is 0 Å². The van der Waals surface area contributed by atoms with Crippen molar-refractivity contribution in [2.24, 2.45) is 0 Å². The Morgan fingerprint density at radius 2 is 2.25 bits per heavy atom. The fraction of sp³-hybridized carbons (Fsp3) is 0.444. The Labute approximate surface area is 101 Å². The molecular weight excluding hydrogens is 251 g/mol. The van der Waals surface area contributed by atoms with Gasteiger partial charge in [0.25, 0.3) is 0 Å². The lowest BCUT2D eigenvalue weighted by Crippen LogP contribution is -2.08. The summed E-state index contributed by atoms with van der Waals surface area (Å²) in [6, 6.07) is 0.254. The molecule has 0 spiro atoms. The minimum Gasteiger partial charge on any atom is -0.379 e. The van der Waals surface area contributed by atoms with Crippen LogP contribution in [0.3, 0.4) is 0 Å². The molecule has 2 aromatic rings. The molecule has 0 N–H and O–H groups in total. The molecule has 0 aliphatic carbocycles. The summed E-state index contributed by atoms with van der Waals surface area (Å²) in [6.07, 6.45) is 2.79. The maximum Gasteiger partial charge on any atom is 0.225 e. The van der Waals surface area contributed by atoms with Gasteiger partial charge < -0.3 is 4.74 Å². The first kappa shape index (κ1) is 10.3. The van der Waals surface area contributed by atoms with Gasteiger partial charge in [-0.05, 0) is 18.0 Å². The van der Waals surface area contributed by atoms with Gasteiger partial charge in [0.2, 0.25) is 5.28 Å². The molecule has 16 heavy (non-hydrogen) atoms. The number of nitrogens with zero attached hydrogens (tertiary/aromatic N) is 4. The van der Waals surface area contributed by atoms with Crippen molar-refractivity contribution < 1.29 is 4.74 Å². The zero-order chi connectivity index (χ0) is 11.1. The van der Waals surface area contributed by atoms with Gasteiger partial charge in [0.05, 0.1) is 18.0 Å². The highest BCUT2D eigenvalue weighted by atomic mass is 35.5. The second-order valence-corrected chi connectivity index (χ2v) is 4.34. The van der Waals surface area contributed by atoms with E-state index in [2.05, 4.69) is 15.1 Å². The summed E-state index contributed by atoms with van der Waals surface area (Å²) in [6.45, 7) is 1.44. The average molecular weight is 259 g/mol. The van der Waals surface area contributed by atoms with E-state index in [0.29, 0.717) is 17.4 Å². The van der Waals surface area contributed by atoms with E-state index in [0.717, 1.165) is 18.4 Å². The van der Waals surface area contributed by atoms with Gasteiger partial charge in [-0.1, -0.05) is 11.6 Å². The Kier molecular flexibility index (Phi) is 2.46. The zero-order valence-electron chi connectivity index (χ0n) is 8.23. The van der Waals surface area contributed by atoms with Crippen molar-refractivity contribution in [2.75, 3.05) is 13.2 Å². The van der Waals surface area contributed by atoms with Gasteiger partial charge in [-0.2, -0.15) is 10.1 Å². The van der Waals surface area contributed by atoms with Crippen molar-refractivity contribution in [1.29, 1.82) is 0 Å². The molecule has 84 valence electrons. The van der Waals surface area contributed by atoms with E-state index in [1.165, 1.54) is 0 Å². The fourth-order valence-electron chi connectivity index (χ4n) is 1.78. The predicted octanol–water partition coefficient (Wildman–Crippen LogP) is 2.09. The van der Waals surface area contributed by atoms with Gasteiger partial charge in [-0.3, -0.25) is 4.68 Å². The van der Waals surface area contributed by atoms with E-state index in [1.54, 1.807) is 0 Å². The van der Waals surface area contributed by atoms with Gasteiger partial charge in [0.15, 0.2) is 5.65 Å². The first-order chi connectivity index (χ1) is 7.74. The Bertz CT molecular complexity index is 536. The first-order valence-corrected chi connectivity index (χ1v) is 5.65. The van der Waals surface area contributed by atoms with Gasteiger partial charge in [-0.15, -0.1) is 0 Å². The number of fused-ring (bicyclic) bond motifs is 1. The Balaban J connectivity index is 2.11. The SMILES string of the molecule is Clc1nc(Cl)c2cn([C@H]3CCOC3)nc2n1. The van der Waals surface area contributed by atoms with Crippen LogP contribution in [0.15, 0.2) is 6.20 Å². The number of hydrogen-bond donors (Lipinski definition) is 0. The third kappa shape index (κ3) is 1.65. The third-order valence-electron chi connectivity index (χ3n) is 2.60. The standard InChI is InChI=1S/C9H8Cl2N4O/c10-7-6-3-15(5-1-2-16-4-5)14-8(6)13-9(11)12-7/h3,5H,1-2,4H2/t5-/m0/s1. The van der Waals surface area contributed by atoms with E-state index in [1.807, 2.05) is 10.9 Å². The van der Waals surface area contributed by atoms with E-state index < -0.39 is 0 Å². The van der Waals surface area contributed by atoms with Crippen molar-refractivity contribution >= 4 is 34.2 Å². The minimum atomic E-state index is 0.116. The van der Waals surface area contributed by atoms with Crippen LogP contribution in [0.5, 0.6) is 0 Å². The Morgan fingerprint density at radius 3 is 3.00 bits per heavy atom. The highest BCUT2D eigenvalue weighted by molar-refractivity contribution is 6.35. The molecule has 3 rings (SSSR count). The summed E-state index contributed by atoms with van der Waals surface area (Å²) in [5.41, 5.74) is 0.525. The Hall–Kier alpha value is -0.910. The second-order valence-electron chi connectivity index (χ2n) is 3.65. The smallest absolute Gasteiger partial charge is 0.225 e. The fourth-order valence-corrected chi connectivity index (χ4v) is 2.20. The lowest BCUT2D eigenvalue weighted by molar-refractivity contribution is 0.184. The summed E-state index contributed by atoms with van der Waals surface area (Å²) in [4.78, 5) is 7.90. The van der Waals surface area contributed by atoms with E-state index in [4.69, 9.17) is 27.9 Å². The molecule has 0 bridgehead atoms. The van der Waals surface area contributed by atoms with Crippen LogP contribution in [-0.2, 0) is 4.74 Å². The maximum absolute atomic E-state index is 5.96. The van der Waals surface area contributed by atoms with Crippen molar-refractivity contribution in [1.82, 2.24) is 19.7 Å². The molecule has 1 saturated heterocycles. The molecule has 0 aromatic carbocycles. The molecule has 0 amide bonds. The monoisotopic (exact) mass is 258 g/mol. The van der Waals surface area contributed by atoms with Crippen LogP contribution in [0.2, 0.25) is 10.4 Å². The molecule has 2 aromatic heterocycles. The molecule has 0 unspecified atom stereocenters. The van der Waals surface area contributed by atoms with Gasteiger partial charge in [0, 0.05) is 12.8 Å². The van der Waals surface area contributed by atoms with Crippen molar-refractivity contribution in [2.45, 2.75) is 12.5 Å². The number of rotatable bonds is 1. The van der Waals surface area contributed by atoms with E-state index in [9.17, 15) is 0 Å². The largest absolute Gasteiger partial charge is 0.379 e. The zero-order valence-corrected chi connectivity index (χ0v) is 9.74. The van der Waals surface area contributed by atoms with E-state index in [-0.39, 0.29) is 11.3 Å². The molecule has 7 heteroatoms. The molecule has 1 aliphatic heterocycles. The summed E-state index contributed by atoms with van der Waals surface area (Å²) in [5.74, 6) is 0. The van der Waals surface area contributed by atoms with Gasteiger partial charge in [0.1, 0.15) is 5.15 Å². The predicted molar refractivity (Wildman–Crippen MR) is 59.8 cm³/mol. The van der Waals surface area contributed by atoms with Crippen LogP contribution < -0.4 is 0 Å². The number of hydrogen-bond acceptors (Lipinski definition) is 4. The third-order valence-corrected chi connectivity index (χ3v) is 3.06. The molecular formula is C9H8Cl2N4O. The summed E-state index contributed by atoms with van der Waals surface area (Å²) < 4.78 is 7.13. The number of aromatic nitrogens is 4. The maximum atomic E-state index is 5.96. The van der Waals surface area contributed by atoms with Crippen LogP contribution in [-0.4, -0.2) is 33.0 Å². The second kappa shape index (κ2) is 3.84. The van der Waals surface area contributed by atoms with Crippen LogP contribution in [0.25, 0.3) is 11.0 Å². The van der Waals surface area contributed by atoms with Crippen LogP contribution >= 0.6 is 23.2 Å². The summed E-state index contributed by atoms with van der Waals surface area (Å²) in [5, 5.41) is 5.50.